The van der Waals surface area contributed by atoms with Crippen molar-refractivity contribution in [2.45, 2.75) is 219 Å². The van der Waals surface area contributed by atoms with E-state index in [1.165, 1.54) is 141 Å². The first-order valence-electron chi connectivity index (χ1n) is 23.4. The molecule has 0 aromatic heterocycles. The zero-order valence-corrected chi connectivity index (χ0v) is 38.3. The fraction of sp³-hybridized carbons (Fsp3) is 0.851. The van der Waals surface area contributed by atoms with E-state index in [4.69, 9.17) is 9.05 Å². The van der Waals surface area contributed by atoms with Crippen molar-refractivity contribution in [3.63, 3.8) is 0 Å². The van der Waals surface area contributed by atoms with Gasteiger partial charge in [0.2, 0.25) is 5.91 Å². The first-order valence-corrected chi connectivity index (χ1v) is 24.9. The summed E-state index contributed by atoms with van der Waals surface area (Å²) >= 11 is 0. The van der Waals surface area contributed by atoms with E-state index in [1.807, 2.05) is 27.2 Å². The lowest BCUT2D eigenvalue weighted by atomic mass is 10.0. The molecule has 0 fully saturated rings. The summed E-state index contributed by atoms with van der Waals surface area (Å²) in [5, 5.41) is 13.8. The first kappa shape index (κ1) is 54.7. The Bertz CT molecular complexity index is 1010. The fourth-order valence-corrected chi connectivity index (χ4v) is 7.34. The molecule has 0 aliphatic rings. The van der Waals surface area contributed by atoms with Crippen molar-refractivity contribution >= 4 is 13.7 Å². The summed E-state index contributed by atoms with van der Waals surface area (Å²) in [6, 6.07) is -0.846. The average molecular weight is 812 g/mol. The second-order valence-electron chi connectivity index (χ2n) is 17.1. The van der Waals surface area contributed by atoms with Crippen LogP contribution in [0.25, 0.3) is 0 Å². The maximum absolute atomic E-state index is 12.8. The zero-order valence-electron chi connectivity index (χ0n) is 37.4. The van der Waals surface area contributed by atoms with E-state index < -0.39 is 20.0 Å². The van der Waals surface area contributed by atoms with E-state index >= 15 is 0 Å². The highest BCUT2D eigenvalue weighted by molar-refractivity contribution is 7.47. The van der Waals surface area contributed by atoms with Crippen LogP contribution < -0.4 is 5.32 Å². The molecule has 8 nitrogen and oxygen atoms in total. The molecule has 0 radical (unpaired) electrons. The van der Waals surface area contributed by atoms with E-state index in [0.717, 1.165) is 44.9 Å². The summed E-state index contributed by atoms with van der Waals surface area (Å²) in [7, 11) is 1.57. The standard InChI is InChI=1S/C47H91N2O6P/c1-6-8-10-12-14-16-17-18-19-20-21-22-23-24-25-26-27-28-29-30-31-33-35-37-39-41-47(51)48-45(44-55-56(52,53)54-43-42-49(3,4)5)46(50)40-38-36-34-32-15-13-11-9-7-2/h21-22,24-25,38,40,45-46,50H,6-20,23,26-37,39,41-44H2,1-5H3,(H-,48,51,52,53)/p+1/b22-21-,25-24-,40-38+. The number of aliphatic hydroxyl groups is 1. The highest BCUT2D eigenvalue weighted by Crippen LogP contribution is 2.43. The van der Waals surface area contributed by atoms with Crippen LogP contribution in [0.1, 0.15) is 206 Å². The van der Waals surface area contributed by atoms with Crippen LogP contribution in [0.2, 0.25) is 0 Å². The lowest BCUT2D eigenvalue weighted by molar-refractivity contribution is -0.870. The van der Waals surface area contributed by atoms with Crippen LogP contribution in [-0.2, 0) is 18.4 Å². The Hall–Kier alpha value is -1.28. The lowest BCUT2D eigenvalue weighted by Gasteiger charge is -2.25. The molecule has 0 saturated carbocycles. The molecule has 0 rings (SSSR count). The minimum absolute atomic E-state index is 0.0601. The molecule has 1 amide bonds. The van der Waals surface area contributed by atoms with Crippen LogP contribution in [-0.4, -0.2) is 73.4 Å². The normalized spacial score (nSPS) is 14.6. The summed E-state index contributed by atoms with van der Waals surface area (Å²) in [6.07, 6.45) is 48.0. The van der Waals surface area contributed by atoms with E-state index in [1.54, 1.807) is 6.08 Å². The largest absolute Gasteiger partial charge is 0.472 e. The fourth-order valence-electron chi connectivity index (χ4n) is 6.60. The second-order valence-corrected chi connectivity index (χ2v) is 18.6. The SMILES string of the molecule is CCCCCCCCC/C=C/C(O)C(COP(=O)(O)OCC[N+](C)(C)C)NC(=O)CCCCCCCCCCC/C=C\C/C=C\CCCCCCCCCCC. The van der Waals surface area contributed by atoms with Gasteiger partial charge in [-0.1, -0.05) is 185 Å². The summed E-state index contributed by atoms with van der Waals surface area (Å²) in [6.45, 7) is 4.78. The molecule has 0 aliphatic carbocycles. The van der Waals surface area contributed by atoms with Gasteiger partial charge in [-0.05, 0) is 51.4 Å². The molecule has 0 saturated heterocycles. The van der Waals surface area contributed by atoms with Crippen molar-refractivity contribution in [1.82, 2.24) is 5.32 Å². The van der Waals surface area contributed by atoms with E-state index in [2.05, 4.69) is 43.5 Å². The molecule has 0 heterocycles. The predicted molar refractivity (Wildman–Crippen MR) is 240 cm³/mol. The van der Waals surface area contributed by atoms with Crippen LogP contribution in [0.4, 0.5) is 0 Å². The minimum atomic E-state index is -4.33. The number of likely N-dealkylation sites (N-methyl/N-ethyl adjacent to an activating group) is 1. The highest BCUT2D eigenvalue weighted by atomic mass is 31.2. The summed E-state index contributed by atoms with van der Waals surface area (Å²) < 4.78 is 23.5. The lowest BCUT2D eigenvalue weighted by Crippen LogP contribution is -2.45. The number of carbonyl (C=O) groups excluding carboxylic acids is 1. The number of phosphoric acid groups is 1. The molecule has 0 spiro atoms. The van der Waals surface area contributed by atoms with Crippen LogP contribution in [0.15, 0.2) is 36.5 Å². The molecular weight excluding hydrogens is 719 g/mol. The van der Waals surface area contributed by atoms with Crippen LogP contribution >= 0.6 is 7.82 Å². The molecule has 0 aromatic rings. The van der Waals surface area contributed by atoms with E-state index in [0.29, 0.717) is 17.4 Å². The quantitative estimate of drug-likeness (QED) is 0.0245. The number of hydrogen-bond acceptors (Lipinski definition) is 5. The van der Waals surface area contributed by atoms with E-state index in [-0.39, 0.29) is 19.1 Å². The molecule has 0 aliphatic heterocycles. The molecular formula is C47H92N2O6P+. The summed E-state index contributed by atoms with van der Waals surface area (Å²) in [5.74, 6) is -0.184. The number of nitrogens with zero attached hydrogens (tertiary/aromatic N) is 1. The smallest absolute Gasteiger partial charge is 0.387 e. The summed E-state index contributed by atoms with van der Waals surface area (Å²) in [4.78, 5) is 23.1. The monoisotopic (exact) mass is 812 g/mol. The number of quaternary nitrogens is 1. The van der Waals surface area contributed by atoms with Gasteiger partial charge in [0.1, 0.15) is 13.2 Å². The molecule has 0 aromatic carbocycles. The number of rotatable bonds is 42. The van der Waals surface area contributed by atoms with Gasteiger partial charge >= 0.3 is 7.82 Å². The topological polar surface area (TPSA) is 105 Å². The maximum atomic E-state index is 12.8. The van der Waals surface area contributed by atoms with Gasteiger partial charge in [0.05, 0.1) is 39.9 Å². The van der Waals surface area contributed by atoms with Crippen molar-refractivity contribution in [3.05, 3.63) is 36.5 Å². The Kier molecular flexibility index (Phi) is 38.3. The van der Waals surface area contributed by atoms with Crippen LogP contribution in [0.5, 0.6) is 0 Å². The van der Waals surface area contributed by atoms with Gasteiger partial charge < -0.3 is 19.8 Å². The Morgan fingerprint density at radius 1 is 0.607 bits per heavy atom. The molecule has 9 heteroatoms. The number of nitrogens with one attached hydrogen (secondary N) is 1. The average Bonchev–Trinajstić information content (AvgIpc) is 3.15. The Labute approximate surface area is 347 Å². The van der Waals surface area contributed by atoms with Gasteiger partial charge in [-0.3, -0.25) is 13.8 Å². The van der Waals surface area contributed by atoms with Gasteiger partial charge in [0, 0.05) is 6.42 Å². The van der Waals surface area contributed by atoms with Gasteiger partial charge in [-0.2, -0.15) is 0 Å². The number of unbranched alkanes of at least 4 members (excludes halogenated alkanes) is 25. The highest BCUT2D eigenvalue weighted by Gasteiger charge is 2.27. The molecule has 0 bridgehead atoms. The molecule has 3 unspecified atom stereocenters. The van der Waals surface area contributed by atoms with Crippen molar-refractivity contribution in [2.75, 3.05) is 40.9 Å². The number of allylic oxidation sites excluding steroid dienone is 5. The van der Waals surface area contributed by atoms with Crippen molar-refractivity contribution in [2.24, 2.45) is 0 Å². The van der Waals surface area contributed by atoms with Crippen LogP contribution in [0.3, 0.4) is 0 Å². The molecule has 330 valence electrons. The molecule has 56 heavy (non-hydrogen) atoms. The van der Waals surface area contributed by atoms with Gasteiger partial charge in [-0.15, -0.1) is 0 Å². The predicted octanol–water partition coefficient (Wildman–Crippen LogP) is 13.1. The summed E-state index contributed by atoms with van der Waals surface area (Å²) in [5.41, 5.74) is 0. The minimum Gasteiger partial charge on any atom is -0.387 e. The van der Waals surface area contributed by atoms with Crippen LogP contribution in [0, 0.1) is 0 Å². The molecule has 3 N–H and O–H groups in total. The Morgan fingerprint density at radius 3 is 1.46 bits per heavy atom. The van der Waals surface area contributed by atoms with Crippen molar-refractivity contribution in [1.29, 1.82) is 0 Å². The number of carbonyl (C=O) groups is 1. The zero-order chi connectivity index (χ0) is 41.4. The van der Waals surface area contributed by atoms with Crippen molar-refractivity contribution in [3.8, 4) is 0 Å². The maximum Gasteiger partial charge on any atom is 0.472 e. The third-order valence-corrected chi connectivity index (χ3v) is 11.3. The molecule has 3 atom stereocenters. The Balaban J connectivity index is 4.18. The van der Waals surface area contributed by atoms with Gasteiger partial charge in [-0.25, -0.2) is 4.57 Å². The van der Waals surface area contributed by atoms with E-state index in [9.17, 15) is 19.4 Å². The number of hydrogen-bond donors (Lipinski definition) is 3. The second kappa shape index (κ2) is 39.2. The third kappa shape index (κ3) is 40.9. The number of phosphoric ester groups is 1. The third-order valence-electron chi connectivity index (χ3n) is 10.4. The van der Waals surface area contributed by atoms with Crippen molar-refractivity contribution < 1.29 is 32.9 Å². The Morgan fingerprint density at radius 2 is 1.02 bits per heavy atom. The van der Waals surface area contributed by atoms with Gasteiger partial charge in [0.25, 0.3) is 0 Å². The first-order chi connectivity index (χ1) is 27.0. The number of amides is 1. The van der Waals surface area contributed by atoms with Gasteiger partial charge in [0.15, 0.2) is 0 Å². The number of aliphatic hydroxyl groups excluding tert-OH is 1.